The van der Waals surface area contributed by atoms with Crippen molar-refractivity contribution in [2.45, 2.75) is 13.0 Å². The summed E-state index contributed by atoms with van der Waals surface area (Å²) in [4.78, 5) is 28.4. The Morgan fingerprint density at radius 1 is 1.03 bits per heavy atom. The molecule has 1 aromatic heterocycles. The Balaban J connectivity index is 1.48. The smallest absolute Gasteiger partial charge is 0.265 e. The van der Waals surface area contributed by atoms with E-state index in [1.807, 2.05) is 11.4 Å². The molecule has 4 rings (SSSR count). The third kappa shape index (κ3) is 5.82. The van der Waals surface area contributed by atoms with Crippen LogP contribution >= 0.6 is 11.3 Å². The van der Waals surface area contributed by atoms with Crippen LogP contribution in [0, 0.1) is 6.92 Å². The van der Waals surface area contributed by atoms with E-state index in [1.165, 1.54) is 16.9 Å². The van der Waals surface area contributed by atoms with Crippen molar-refractivity contribution < 1.29 is 14.3 Å². The van der Waals surface area contributed by atoms with E-state index in [1.54, 1.807) is 30.3 Å². The van der Waals surface area contributed by atoms with Crippen LogP contribution in [-0.2, 0) is 4.74 Å². The molecular formula is C25H27N3O3S. The highest BCUT2D eigenvalue weighted by molar-refractivity contribution is 7.12. The zero-order valence-electron chi connectivity index (χ0n) is 18.0. The molecule has 2 N–H and O–H groups in total. The van der Waals surface area contributed by atoms with Gasteiger partial charge in [0.2, 0.25) is 0 Å². The summed E-state index contributed by atoms with van der Waals surface area (Å²) in [5.74, 6) is -0.349. The van der Waals surface area contributed by atoms with Crippen molar-refractivity contribution >= 4 is 28.8 Å². The molecule has 1 aliphatic rings. The van der Waals surface area contributed by atoms with Crippen LogP contribution in [0.2, 0.25) is 0 Å². The fourth-order valence-corrected chi connectivity index (χ4v) is 4.27. The van der Waals surface area contributed by atoms with Crippen LogP contribution in [-0.4, -0.2) is 49.6 Å². The number of carbonyl (C=O) groups excluding carboxylic acids is 2. The summed E-state index contributed by atoms with van der Waals surface area (Å²) in [6, 6.07) is 18.8. The number of ether oxygens (including phenoxy) is 1. The second-order valence-electron chi connectivity index (χ2n) is 7.86. The van der Waals surface area contributed by atoms with E-state index < -0.39 is 0 Å². The van der Waals surface area contributed by atoms with Crippen molar-refractivity contribution in [1.82, 2.24) is 10.2 Å². The van der Waals surface area contributed by atoms with Gasteiger partial charge in [-0.25, -0.2) is 0 Å². The molecule has 2 heterocycles. The molecule has 0 radical (unpaired) electrons. The summed E-state index contributed by atoms with van der Waals surface area (Å²) in [5.41, 5.74) is 3.35. The van der Waals surface area contributed by atoms with E-state index in [0.717, 1.165) is 18.7 Å². The largest absolute Gasteiger partial charge is 0.379 e. The fourth-order valence-electron chi connectivity index (χ4n) is 3.66. The van der Waals surface area contributed by atoms with E-state index >= 15 is 0 Å². The number of hydrogen-bond acceptors (Lipinski definition) is 5. The second kappa shape index (κ2) is 10.5. The summed E-state index contributed by atoms with van der Waals surface area (Å²) >= 11 is 1.38. The average Bonchev–Trinajstić information content (AvgIpc) is 3.35. The highest BCUT2D eigenvalue weighted by atomic mass is 32.1. The summed E-state index contributed by atoms with van der Waals surface area (Å²) < 4.78 is 5.46. The van der Waals surface area contributed by atoms with E-state index in [2.05, 4.69) is 46.7 Å². The monoisotopic (exact) mass is 449 g/mol. The predicted octanol–water partition coefficient (Wildman–Crippen LogP) is 4.11. The quantitative estimate of drug-likeness (QED) is 0.570. The van der Waals surface area contributed by atoms with Crippen molar-refractivity contribution in [1.29, 1.82) is 0 Å². The number of nitrogens with zero attached hydrogens (tertiary/aromatic N) is 1. The zero-order valence-corrected chi connectivity index (χ0v) is 18.9. The molecule has 2 aromatic carbocycles. The zero-order chi connectivity index (χ0) is 22.3. The van der Waals surface area contributed by atoms with Crippen LogP contribution in [0.1, 0.15) is 37.2 Å². The van der Waals surface area contributed by atoms with Gasteiger partial charge in [0, 0.05) is 30.9 Å². The minimum atomic E-state index is -0.178. The number of hydrogen-bond donors (Lipinski definition) is 2. The topological polar surface area (TPSA) is 70.7 Å². The van der Waals surface area contributed by atoms with Gasteiger partial charge in [0.15, 0.2) is 0 Å². The first-order valence-corrected chi connectivity index (χ1v) is 11.6. The van der Waals surface area contributed by atoms with E-state index in [4.69, 9.17) is 4.74 Å². The van der Waals surface area contributed by atoms with Gasteiger partial charge in [-0.05, 0) is 42.1 Å². The van der Waals surface area contributed by atoms with Crippen LogP contribution in [0.5, 0.6) is 0 Å². The highest BCUT2D eigenvalue weighted by Gasteiger charge is 2.21. The van der Waals surface area contributed by atoms with E-state index in [-0.39, 0.29) is 17.9 Å². The Bertz CT molecular complexity index is 1040. The molecule has 0 spiro atoms. The van der Waals surface area contributed by atoms with Crippen LogP contribution < -0.4 is 10.6 Å². The molecule has 7 heteroatoms. The Hall–Kier alpha value is -3.00. The van der Waals surface area contributed by atoms with Gasteiger partial charge in [-0.3, -0.25) is 14.5 Å². The molecular weight excluding hydrogens is 422 g/mol. The lowest BCUT2D eigenvalue weighted by molar-refractivity contribution is 0.0332. The van der Waals surface area contributed by atoms with Gasteiger partial charge in [-0.2, -0.15) is 0 Å². The van der Waals surface area contributed by atoms with Crippen molar-refractivity contribution in [3.63, 3.8) is 0 Å². The van der Waals surface area contributed by atoms with Crippen LogP contribution in [0.4, 0.5) is 5.69 Å². The SMILES string of the molecule is Cc1ccc([C@H](CN2CCOCC2)NC(=O)c2cccc(NC(=O)c3cccs3)c2)cc1. The standard InChI is InChI=1S/C25H27N3O3S/c1-18-7-9-19(10-8-18)22(17-28-11-13-31-14-12-28)27-24(29)20-4-2-5-21(16-20)26-25(30)23-6-3-15-32-23/h2-10,15-16,22H,11-14,17H2,1H3,(H,26,30)(H,27,29)/t22-/m0/s1. The van der Waals surface area contributed by atoms with Gasteiger partial charge in [0.05, 0.1) is 24.1 Å². The Kier molecular flexibility index (Phi) is 7.32. The van der Waals surface area contributed by atoms with Crippen molar-refractivity contribution in [3.05, 3.63) is 87.6 Å². The Labute approximate surface area is 192 Å². The minimum absolute atomic E-state index is 0.148. The number of carbonyl (C=O) groups is 2. The molecule has 1 saturated heterocycles. The fraction of sp³-hybridized carbons (Fsp3) is 0.280. The van der Waals surface area contributed by atoms with Gasteiger partial charge in [0.1, 0.15) is 0 Å². The summed E-state index contributed by atoms with van der Waals surface area (Å²) in [6.07, 6.45) is 0. The Morgan fingerprint density at radius 2 is 1.81 bits per heavy atom. The third-order valence-corrected chi connectivity index (χ3v) is 6.33. The molecule has 6 nitrogen and oxygen atoms in total. The van der Waals surface area contributed by atoms with Crippen molar-refractivity contribution in [2.24, 2.45) is 0 Å². The first kappa shape index (κ1) is 22.2. The summed E-state index contributed by atoms with van der Waals surface area (Å²) in [7, 11) is 0. The maximum atomic E-state index is 13.1. The van der Waals surface area contributed by atoms with Gasteiger partial charge in [-0.15, -0.1) is 11.3 Å². The van der Waals surface area contributed by atoms with Gasteiger partial charge >= 0.3 is 0 Å². The van der Waals surface area contributed by atoms with E-state index in [9.17, 15) is 9.59 Å². The third-order valence-electron chi connectivity index (χ3n) is 5.46. The summed E-state index contributed by atoms with van der Waals surface area (Å²) in [6.45, 7) is 5.88. The first-order valence-electron chi connectivity index (χ1n) is 10.7. The number of thiophene rings is 1. The van der Waals surface area contributed by atoms with Crippen molar-refractivity contribution in [2.75, 3.05) is 38.2 Å². The predicted molar refractivity (Wildman–Crippen MR) is 127 cm³/mol. The lowest BCUT2D eigenvalue weighted by Gasteiger charge is -2.31. The van der Waals surface area contributed by atoms with Gasteiger partial charge in [0.25, 0.3) is 11.8 Å². The van der Waals surface area contributed by atoms with E-state index in [0.29, 0.717) is 35.9 Å². The van der Waals surface area contributed by atoms with Crippen LogP contribution in [0.15, 0.2) is 66.0 Å². The number of rotatable bonds is 7. The highest BCUT2D eigenvalue weighted by Crippen LogP contribution is 2.19. The molecule has 0 unspecified atom stereocenters. The van der Waals surface area contributed by atoms with Gasteiger partial charge in [-0.1, -0.05) is 42.0 Å². The summed E-state index contributed by atoms with van der Waals surface area (Å²) in [5, 5.41) is 7.92. The maximum absolute atomic E-state index is 13.1. The Morgan fingerprint density at radius 3 is 2.53 bits per heavy atom. The molecule has 1 atom stereocenters. The van der Waals surface area contributed by atoms with Gasteiger partial charge < -0.3 is 15.4 Å². The molecule has 2 amide bonds. The molecule has 32 heavy (non-hydrogen) atoms. The lowest BCUT2D eigenvalue weighted by atomic mass is 10.0. The van der Waals surface area contributed by atoms with Crippen LogP contribution in [0.25, 0.3) is 0 Å². The number of aryl methyl sites for hydroxylation is 1. The minimum Gasteiger partial charge on any atom is -0.379 e. The lowest BCUT2D eigenvalue weighted by Crippen LogP contribution is -2.43. The first-order chi connectivity index (χ1) is 15.6. The molecule has 3 aromatic rings. The van der Waals surface area contributed by atoms with Crippen molar-refractivity contribution in [3.8, 4) is 0 Å². The molecule has 0 aliphatic carbocycles. The number of benzene rings is 2. The molecule has 166 valence electrons. The normalized spacial score (nSPS) is 15.2. The average molecular weight is 450 g/mol. The second-order valence-corrected chi connectivity index (χ2v) is 8.81. The number of morpholine rings is 1. The maximum Gasteiger partial charge on any atom is 0.265 e. The molecule has 0 bridgehead atoms. The number of nitrogens with one attached hydrogen (secondary N) is 2. The molecule has 1 aliphatic heterocycles. The molecule has 1 fully saturated rings. The number of anilines is 1. The van der Waals surface area contributed by atoms with Crippen LogP contribution in [0.3, 0.4) is 0 Å². The molecule has 0 saturated carbocycles. The number of amides is 2.